The molecule has 7 rings (SSSR count). The highest BCUT2D eigenvalue weighted by molar-refractivity contribution is 7.52. The molecule has 5 fully saturated rings. The van der Waals surface area contributed by atoms with E-state index in [9.17, 15) is 108 Å². The maximum atomic E-state index is 14.6. The van der Waals surface area contributed by atoms with Gasteiger partial charge in [-0.05, 0) is 90.4 Å². The Kier molecular flexibility index (Phi) is 48.9. The second-order valence-electron chi connectivity index (χ2n) is 34.8. The van der Waals surface area contributed by atoms with Crippen molar-refractivity contribution in [1.29, 1.82) is 0 Å². The first-order valence-corrected chi connectivity index (χ1v) is 48.5. The summed E-state index contributed by atoms with van der Waals surface area (Å²) in [6, 6.07) is -1.17. The van der Waals surface area contributed by atoms with E-state index in [0.717, 1.165) is 4.90 Å². The Hall–Kier alpha value is -5.23. The Morgan fingerprint density at radius 1 is 0.512 bits per heavy atom. The first-order valence-electron chi connectivity index (χ1n) is 45.5. The number of aryl methyl sites for hydroxylation is 1. The number of ether oxygens (including phenoxy) is 10. The molecule has 0 radical (unpaired) electrons. The van der Waals surface area contributed by atoms with Gasteiger partial charge in [0.2, 0.25) is 17.7 Å². The molecule has 44 heteroatoms. The molecule has 0 aromatic carbocycles. The van der Waals surface area contributed by atoms with E-state index in [1.165, 1.54) is 31.1 Å². The number of aliphatic hydroxyl groups excluding tert-OH is 10. The Morgan fingerprint density at radius 2 is 0.938 bits per heavy atom. The van der Waals surface area contributed by atoms with Crippen LogP contribution >= 0.6 is 15.4 Å². The van der Waals surface area contributed by atoms with Crippen LogP contribution in [0.1, 0.15) is 226 Å². The minimum absolute atomic E-state index is 0.00342. The lowest BCUT2D eigenvalue weighted by atomic mass is 9.92. The number of carbonyl (C=O) groups is 8. The SMILES string of the molecule is Cc1ncnc2c1ncn2[C@H]1C[C@H](OP(=O)([O-])OC[C@H]2C[C@H](O)CN2C(=O)CC(=O)NC(COCCC(=O)CCCCCC(=O)CCCCO[C@@H]2OC(CO)[C@H](O)[C@H](O)C2C)(COCCC(=O)CCCCCC(=O)CCCCO[C@@H]2OC(CO)[C@H](O)[C@H](O)C2C)COCCC(=O)NCCCCC(=O)CCCCO[C@@H]2OC(CO)[C@H](O)[C@H](O)C2C)[C@@H](COP(=O)([O-])C(C)C)O1. The zero-order chi connectivity index (χ0) is 94.4. The topological polar surface area (TPSA) is 610 Å². The maximum absolute atomic E-state index is 14.6. The number of ketones is 5. The van der Waals surface area contributed by atoms with Gasteiger partial charge in [-0.3, -0.25) is 47.5 Å². The van der Waals surface area contributed by atoms with Crippen LogP contribution < -0.4 is 20.4 Å². The van der Waals surface area contributed by atoms with Crippen molar-refractivity contribution in [3.63, 3.8) is 0 Å². The number of nitrogens with one attached hydrogen (secondary N) is 2. The molecule has 2 aromatic rings. The van der Waals surface area contributed by atoms with Gasteiger partial charge in [0.05, 0.1) is 121 Å². The van der Waals surface area contributed by atoms with Crippen LogP contribution in [0.4, 0.5) is 0 Å². The number of aliphatic hydroxyl groups is 10. The van der Waals surface area contributed by atoms with Gasteiger partial charge in [0.15, 0.2) is 24.5 Å². The minimum Gasteiger partial charge on any atom is -0.778 e. The lowest BCUT2D eigenvalue weighted by Gasteiger charge is -2.40. The predicted molar refractivity (Wildman–Crippen MR) is 452 cm³/mol. The van der Waals surface area contributed by atoms with Crippen LogP contribution in [0.2, 0.25) is 0 Å². The quantitative estimate of drug-likeness (QED) is 0.0254. The zero-order valence-corrected chi connectivity index (χ0v) is 77.0. The van der Waals surface area contributed by atoms with E-state index in [-0.39, 0.29) is 152 Å². The second-order valence-corrected chi connectivity index (χ2v) is 38.5. The average molecular weight is 1880 g/mol. The molecule has 0 saturated carbocycles. The number of likely N-dealkylation sites (tertiary alicyclic amines) is 1. The van der Waals surface area contributed by atoms with Crippen LogP contribution in [0.25, 0.3) is 11.2 Å². The number of rotatable bonds is 66. The van der Waals surface area contributed by atoms with Gasteiger partial charge in [-0.1, -0.05) is 47.5 Å². The minimum atomic E-state index is -5.42. The van der Waals surface area contributed by atoms with Crippen LogP contribution in [0.5, 0.6) is 0 Å². The summed E-state index contributed by atoms with van der Waals surface area (Å²) in [6.45, 7) is 5.10. The molecule has 8 unspecified atom stereocenters. The summed E-state index contributed by atoms with van der Waals surface area (Å²) < 4.78 is 103. The van der Waals surface area contributed by atoms with E-state index < -0.39 is 226 Å². The molecule has 7 heterocycles. The molecule has 2 aromatic heterocycles. The van der Waals surface area contributed by atoms with Crippen LogP contribution in [0.3, 0.4) is 0 Å². The van der Waals surface area contributed by atoms with E-state index in [1.54, 1.807) is 27.7 Å². The lowest BCUT2D eigenvalue weighted by Crippen LogP contribution is -2.59. The van der Waals surface area contributed by atoms with Gasteiger partial charge in [0.1, 0.15) is 109 Å². The lowest BCUT2D eigenvalue weighted by molar-refractivity contribution is -0.282. The largest absolute Gasteiger partial charge is 0.778 e. The summed E-state index contributed by atoms with van der Waals surface area (Å²) in [5.41, 5.74) is -1.40. The molecule has 0 aliphatic carbocycles. The number of Topliss-reactive ketones (excluding diaryl/α,β-unsaturated/α-hetero) is 5. The highest BCUT2D eigenvalue weighted by atomic mass is 31.2. The standard InChI is InChI=1S/C85H143N7O35P2/c1-53(2)128(111,112)121-47-69-65(40-73(123-69)92-52-89-74-57(6)87-51-88-81(74)92)127-129(113,114)122-46-58-39-64(101)42-91(58)72(104)41-71(103)90-85(48-115-36-29-62(99)23-11-7-9-21-59(96)26-14-18-33-118-82-54(3)75(105)78(108)66(43-93)124-82,49-116-37-30-63(100)24-12-8-10-22-60(97)27-15-19-34-119-83-55(4)76(106)79(109)67(44-94)125-83)50-117-38-31-70(102)86-32-17-13-25-61(98)28-16-20-35-120-84-56(5)77(107)80(110)68(45-95)126-84/h51-56,58,64-69,73,75-80,82-84,93-95,101,105-110H,7-50H2,1-6H3,(H,86,102)(H,90,103)(H,111,112)(H,113,114)/p-2/t54?,55?,56?,58-,64+,65+,66?,67?,68?,69-,73-,75-,76-,77-,78+,79+,80+,82-,83-,84-,85?/m1/s1. The summed E-state index contributed by atoms with van der Waals surface area (Å²) in [6.07, 6.45) is -7.65. The molecule has 0 spiro atoms. The number of phosphoric acid groups is 1. The zero-order valence-electron chi connectivity index (χ0n) is 75.2. The van der Waals surface area contributed by atoms with Crippen LogP contribution in [0, 0.1) is 24.7 Å². The molecular formula is C85H141N7O35P2-2. The summed E-state index contributed by atoms with van der Waals surface area (Å²) in [4.78, 5) is 148. The Balaban J connectivity index is 0.953. The fourth-order valence-electron chi connectivity index (χ4n) is 15.7. The van der Waals surface area contributed by atoms with Crippen molar-refractivity contribution in [2.75, 3.05) is 106 Å². The smallest absolute Gasteiger partial charge is 0.268 e. The number of aromatic nitrogens is 4. The maximum Gasteiger partial charge on any atom is 0.268 e. The first kappa shape index (κ1) is 111. The van der Waals surface area contributed by atoms with Crippen molar-refractivity contribution in [2.24, 2.45) is 17.8 Å². The number of β-amino-alcohol motifs (C(OH)–C–C–N with tert-alkyl or cyclic N) is 1. The third kappa shape index (κ3) is 37.1. The monoisotopic (exact) mass is 1880 g/mol. The normalized spacial score (nSPS) is 28.1. The number of carbonyl (C=O) groups excluding carboxylic acids is 8. The van der Waals surface area contributed by atoms with Gasteiger partial charge in [0.25, 0.3) is 7.82 Å². The molecular weight excluding hydrogens is 1740 g/mol. The molecule has 22 atom stereocenters. The molecule has 42 nitrogen and oxygen atoms in total. The molecule has 12 N–H and O–H groups in total. The van der Waals surface area contributed by atoms with Crippen molar-refractivity contribution < 1.29 is 169 Å². The van der Waals surface area contributed by atoms with Gasteiger partial charge >= 0.3 is 0 Å². The van der Waals surface area contributed by atoms with Crippen LogP contribution in [-0.4, -0.2) is 337 Å². The fraction of sp³-hybridized carbons (Fsp3) is 0.847. The number of nitrogens with zero attached hydrogens (tertiary/aromatic N) is 5. The molecule has 5 aliphatic heterocycles. The summed E-state index contributed by atoms with van der Waals surface area (Å²) >= 11 is 0. The van der Waals surface area contributed by atoms with E-state index in [0.29, 0.717) is 120 Å². The van der Waals surface area contributed by atoms with E-state index >= 15 is 0 Å². The molecule has 5 aliphatic rings. The number of hydrogen-bond acceptors (Lipinski definition) is 38. The van der Waals surface area contributed by atoms with Crippen molar-refractivity contribution >= 4 is 73.2 Å². The average Bonchev–Trinajstić information content (AvgIpc) is 1.63. The molecule has 3 amide bonds. The molecule has 5 saturated heterocycles. The number of unbranched alkanes of at least 4 members (excludes halogenated alkanes) is 8. The van der Waals surface area contributed by atoms with Gasteiger partial charge in [0, 0.05) is 133 Å². The molecule has 0 bridgehead atoms. The van der Waals surface area contributed by atoms with Gasteiger partial charge in [-0.25, -0.2) is 15.0 Å². The first-order chi connectivity index (χ1) is 61.5. The number of imidazole rings is 1. The third-order valence-electron chi connectivity index (χ3n) is 23.8. The van der Waals surface area contributed by atoms with Crippen molar-refractivity contribution in [3.8, 4) is 0 Å². The van der Waals surface area contributed by atoms with E-state index in [1.807, 2.05) is 0 Å². The van der Waals surface area contributed by atoms with Crippen molar-refractivity contribution in [1.82, 2.24) is 35.1 Å². The van der Waals surface area contributed by atoms with Crippen molar-refractivity contribution in [2.45, 2.75) is 337 Å². The van der Waals surface area contributed by atoms with Gasteiger partial charge in [-0.2, -0.15) is 0 Å². The Labute approximate surface area is 753 Å². The third-order valence-corrected chi connectivity index (χ3v) is 26.6. The fourth-order valence-corrected chi connectivity index (χ4v) is 17.3. The number of fused-ring (bicyclic) bond motifs is 1. The van der Waals surface area contributed by atoms with Gasteiger partial charge in [-0.15, -0.1) is 0 Å². The summed E-state index contributed by atoms with van der Waals surface area (Å²) in [5, 5.41) is 107. The number of phosphoric ester groups is 1. The predicted octanol–water partition coefficient (Wildman–Crippen LogP) is 1.52. The van der Waals surface area contributed by atoms with Crippen molar-refractivity contribution in [3.05, 3.63) is 18.3 Å². The van der Waals surface area contributed by atoms with E-state index in [2.05, 4.69) is 25.6 Å². The summed E-state index contributed by atoms with van der Waals surface area (Å²) in [5.74, 6) is -4.24. The number of hydrogen-bond donors (Lipinski definition) is 12. The highest BCUT2D eigenvalue weighted by Crippen LogP contribution is 2.49. The van der Waals surface area contributed by atoms with Crippen LogP contribution in [-0.2, 0) is 108 Å². The molecule has 129 heavy (non-hydrogen) atoms. The second kappa shape index (κ2) is 57.0. The van der Waals surface area contributed by atoms with E-state index in [4.69, 9.17) is 60.9 Å². The Bertz CT molecular complexity index is 3620. The highest BCUT2D eigenvalue weighted by Gasteiger charge is 2.47. The van der Waals surface area contributed by atoms with Crippen LogP contribution in [0.15, 0.2) is 12.7 Å². The molecule has 738 valence electrons. The Morgan fingerprint density at radius 3 is 1.38 bits per heavy atom. The van der Waals surface area contributed by atoms with Gasteiger partial charge < -0.3 is 142 Å². The number of amides is 3. The summed E-state index contributed by atoms with van der Waals surface area (Å²) in [7, 11) is -9.90.